The highest BCUT2D eigenvalue weighted by Crippen LogP contribution is 2.37. The molecule has 1 aliphatic rings. The molecule has 1 aliphatic heterocycles. The largest absolute Gasteiger partial charge is 0.462 e. The Morgan fingerprint density at radius 3 is 2.36 bits per heavy atom. The van der Waals surface area contributed by atoms with Gasteiger partial charge >= 0.3 is 13.2 Å². The second-order valence-corrected chi connectivity index (χ2v) is 9.28. The Morgan fingerprint density at radius 2 is 1.82 bits per heavy atom. The lowest BCUT2D eigenvalue weighted by molar-refractivity contribution is 0.00578. The summed E-state index contributed by atoms with van der Waals surface area (Å²) in [6.45, 7) is 13.6. The lowest BCUT2D eigenvalue weighted by Gasteiger charge is -2.32. The van der Waals surface area contributed by atoms with Gasteiger partial charge in [0.1, 0.15) is 5.60 Å². The molecule has 0 spiro atoms. The summed E-state index contributed by atoms with van der Waals surface area (Å²) in [6.07, 6.45) is 7.58. The van der Waals surface area contributed by atoms with E-state index in [-0.39, 0.29) is 18.3 Å². The Kier molecular flexibility index (Phi) is 4.90. The highest BCUT2D eigenvalue weighted by Gasteiger charge is 2.50. The summed E-state index contributed by atoms with van der Waals surface area (Å²) in [5.41, 5.74) is 0.976. The van der Waals surface area contributed by atoms with Crippen molar-refractivity contribution in [3.05, 3.63) is 35.5 Å². The topological polar surface area (TPSA) is 49.7 Å². The third kappa shape index (κ3) is 3.83. The van der Waals surface area contributed by atoms with Crippen LogP contribution in [0.25, 0.3) is 10.9 Å². The highest BCUT2D eigenvalue weighted by molar-refractivity contribution is 6.45. The molecule has 0 N–H and O–H groups in total. The van der Waals surface area contributed by atoms with Gasteiger partial charge in [0, 0.05) is 23.5 Å². The van der Waals surface area contributed by atoms with Crippen LogP contribution in [-0.2, 0) is 20.4 Å². The zero-order valence-electron chi connectivity index (χ0n) is 17.8. The Hall–Kier alpha value is -2.23. The fourth-order valence-corrected chi connectivity index (χ4v) is 3.28. The molecule has 0 atom stereocenters. The minimum absolute atomic E-state index is 0.346. The molecule has 3 rings (SSSR count). The van der Waals surface area contributed by atoms with Crippen LogP contribution < -0.4 is 0 Å². The van der Waals surface area contributed by atoms with E-state index in [2.05, 4.69) is 5.92 Å². The standard InChI is InChI=1S/C22H28BNO4/c1-9-16-12-15(14-23-27-21(5,6)22(7,8)28-23)13-17-10-11-24(18(16)17)19(25)26-20(2,3)4/h1,10-13H,14H2,2-8H3. The zero-order valence-corrected chi connectivity index (χ0v) is 17.8. The number of benzene rings is 1. The van der Waals surface area contributed by atoms with Crippen LogP contribution in [0.3, 0.4) is 0 Å². The van der Waals surface area contributed by atoms with E-state index in [1.807, 2.05) is 66.7 Å². The number of carbonyl (C=O) groups excluding carboxylic acids is 1. The smallest absolute Gasteiger partial charge is 0.443 e. The van der Waals surface area contributed by atoms with Gasteiger partial charge in [-0.15, -0.1) is 6.42 Å². The number of terminal acetylenes is 1. The predicted octanol–water partition coefficient (Wildman–Crippen LogP) is 4.58. The molecule has 1 fully saturated rings. The third-order valence-corrected chi connectivity index (χ3v) is 5.29. The molecular formula is C22H28BNO4. The summed E-state index contributed by atoms with van der Waals surface area (Å²) in [7, 11) is -0.346. The summed E-state index contributed by atoms with van der Waals surface area (Å²) in [5.74, 6) is 2.70. The molecule has 1 saturated heterocycles. The molecule has 2 heterocycles. The van der Waals surface area contributed by atoms with Crippen LogP contribution in [0.1, 0.15) is 59.6 Å². The molecule has 28 heavy (non-hydrogen) atoms. The number of rotatable bonds is 2. The average molecular weight is 381 g/mol. The molecule has 0 unspecified atom stereocenters. The molecule has 0 amide bonds. The number of hydrogen-bond acceptors (Lipinski definition) is 4. The first kappa shape index (κ1) is 20.5. The van der Waals surface area contributed by atoms with Crippen molar-refractivity contribution in [2.45, 2.75) is 71.6 Å². The van der Waals surface area contributed by atoms with Crippen LogP contribution in [0, 0.1) is 12.3 Å². The van der Waals surface area contributed by atoms with E-state index in [1.165, 1.54) is 4.57 Å². The van der Waals surface area contributed by atoms with Crippen LogP contribution in [0.4, 0.5) is 4.79 Å². The van der Waals surface area contributed by atoms with Gasteiger partial charge in [-0.2, -0.15) is 0 Å². The van der Waals surface area contributed by atoms with E-state index >= 15 is 0 Å². The van der Waals surface area contributed by atoms with E-state index in [1.54, 1.807) is 6.20 Å². The lowest BCUT2D eigenvalue weighted by Crippen LogP contribution is -2.41. The number of nitrogens with zero attached hydrogens (tertiary/aromatic N) is 1. The monoisotopic (exact) mass is 381 g/mol. The van der Waals surface area contributed by atoms with Gasteiger partial charge in [0.25, 0.3) is 0 Å². The molecule has 1 aromatic heterocycles. The first-order valence-electron chi connectivity index (χ1n) is 9.52. The molecule has 0 aliphatic carbocycles. The number of hydrogen-bond donors (Lipinski definition) is 0. The van der Waals surface area contributed by atoms with Crippen molar-refractivity contribution in [2.24, 2.45) is 0 Å². The Bertz CT molecular complexity index is 943. The summed E-state index contributed by atoms with van der Waals surface area (Å²) >= 11 is 0. The number of fused-ring (bicyclic) bond motifs is 1. The Balaban J connectivity index is 1.92. The minimum Gasteiger partial charge on any atom is -0.443 e. The van der Waals surface area contributed by atoms with Crippen LogP contribution in [0.2, 0.25) is 0 Å². The molecule has 148 valence electrons. The van der Waals surface area contributed by atoms with E-state index in [0.717, 1.165) is 10.9 Å². The maximum Gasteiger partial charge on any atom is 0.462 e. The van der Waals surface area contributed by atoms with Crippen molar-refractivity contribution in [3.8, 4) is 12.3 Å². The van der Waals surface area contributed by atoms with E-state index in [4.69, 9.17) is 20.5 Å². The SMILES string of the molecule is C#Cc1cc(CB2OC(C)(C)C(C)(C)O2)cc2ccn(C(=O)OC(C)(C)C)c12. The first-order chi connectivity index (χ1) is 12.8. The molecule has 0 saturated carbocycles. The van der Waals surface area contributed by atoms with Crippen LogP contribution in [0.5, 0.6) is 0 Å². The minimum atomic E-state index is -0.583. The van der Waals surface area contributed by atoms with Crippen LogP contribution >= 0.6 is 0 Å². The fraction of sp³-hybridized carbons (Fsp3) is 0.500. The van der Waals surface area contributed by atoms with Crippen molar-refractivity contribution < 1.29 is 18.8 Å². The molecular weight excluding hydrogens is 353 g/mol. The van der Waals surface area contributed by atoms with E-state index in [9.17, 15) is 4.79 Å². The highest BCUT2D eigenvalue weighted by atomic mass is 16.7. The fourth-order valence-electron chi connectivity index (χ4n) is 3.28. The average Bonchev–Trinajstić information content (AvgIpc) is 3.03. The van der Waals surface area contributed by atoms with Crippen LogP contribution in [-0.4, -0.2) is 34.6 Å². The molecule has 2 aromatic rings. The number of aromatic nitrogens is 1. The molecule has 6 heteroatoms. The van der Waals surface area contributed by atoms with Gasteiger partial charge in [0.15, 0.2) is 0 Å². The second-order valence-electron chi connectivity index (χ2n) is 9.28. The number of carbonyl (C=O) groups is 1. The van der Waals surface area contributed by atoms with Gasteiger partial charge in [-0.25, -0.2) is 4.79 Å². The maximum absolute atomic E-state index is 12.5. The van der Waals surface area contributed by atoms with Crippen molar-refractivity contribution >= 4 is 24.1 Å². The molecule has 1 aromatic carbocycles. The van der Waals surface area contributed by atoms with Crippen molar-refractivity contribution in [1.29, 1.82) is 0 Å². The van der Waals surface area contributed by atoms with Gasteiger partial charge in [-0.3, -0.25) is 4.57 Å². The molecule has 0 bridgehead atoms. The van der Waals surface area contributed by atoms with Crippen molar-refractivity contribution in [1.82, 2.24) is 4.57 Å². The Labute approximate surface area is 167 Å². The Morgan fingerprint density at radius 1 is 1.21 bits per heavy atom. The van der Waals surface area contributed by atoms with E-state index in [0.29, 0.717) is 17.4 Å². The van der Waals surface area contributed by atoms with Crippen molar-refractivity contribution in [2.75, 3.05) is 0 Å². The van der Waals surface area contributed by atoms with Gasteiger partial charge in [0.05, 0.1) is 16.7 Å². The number of ether oxygens (including phenoxy) is 1. The zero-order chi connectivity index (χ0) is 20.9. The normalized spacial score (nSPS) is 18.3. The quantitative estimate of drug-likeness (QED) is 0.565. The molecule has 5 nitrogen and oxygen atoms in total. The third-order valence-electron chi connectivity index (χ3n) is 5.29. The summed E-state index contributed by atoms with van der Waals surface area (Å²) in [5, 5.41) is 0.882. The first-order valence-corrected chi connectivity index (χ1v) is 9.52. The second kappa shape index (κ2) is 6.68. The van der Waals surface area contributed by atoms with Gasteiger partial charge < -0.3 is 14.0 Å². The van der Waals surface area contributed by atoms with Gasteiger partial charge in [-0.05, 0) is 66.2 Å². The van der Waals surface area contributed by atoms with Crippen LogP contribution in [0.15, 0.2) is 24.4 Å². The summed E-state index contributed by atoms with van der Waals surface area (Å²) in [4.78, 5) is 12.5. The summed E-state index contributed by atoms with van der Waals surface area (Å²) < 4.78 is 19.2. The maximum atomic E-state index is 12.5. The lowest BCUT2D eigenvalue weighted by atomic mass is 9.80. The van der Waals surface area contributed by atoms with E-state index < -0.39 is 11.7 Å². The summed E-state index contributed by atoms with van der Waals surface area (Å²) in [6, 6.07) is 5.80. The van der Waals surface area contributed by atoms with Gasteiger partial charge in [0.2, 0.25) is 0 Å². The van der Waals surface area contributed by atoms with Crippen molar-refractivity contribution in [3.63, 3.8) is 0 Å². The predicted molar refractivity (Wildman–Crippen MR) is 111 cm³/mol. The molecule has 0 radical (unpaired) electrons. The van der Waals surface area contributed by atoms with Gasteiger partial charge in [-0.1, -0.05) is 12.0 Å².